The maximum Gasteiger partial charge on any atom is 0.326 e. The molecule has 0 aliphatic heterocycles. The van der Waals surface area contributed by atoms with Gasteiger partial charge in [-0.05, 0) is 30.8 Å². The molecule has 0 aromatic rings. The van der Waals surface area contributed by atoms with Crippen LogP contribution in [0, 0.1) is 5.92 Å². The third kappa shape index (κ3) is 11.8. The second kappa shape index (κ2) is 15.9. The van der Waals surface area contributed by atoms with Crippen LogP contribution in [-0.4, -0.2) is 82.0 Å². The summed E-state index contributed by atoms with van der Waals surface area (Å²) in [7, 11) is 0. The number of carboxylic acid groups (broad SMARTS) is 2. The Morgan fingerprint density at radius 2 is 1.50 bits per heavy atom. The molecule has 5 unspecified atom stereocenters. The van der Waals surface area contributed by atoms with Gasteiger partial charge in [0, 0.05) is 6.42 Å². The molecule has 0 aliphatic carbocycles. The van der Waals surface area contributed by atoms with E-state index in [-0.39, 0.29) is 19.3 Å². The molecule has 0 bridgehead atoms. The Balaban J connectivity index is 5.60. The Kier molecular flexibility index (Phi) is 14.5. The van der Waals surface area contributed by atoms with Gasteiger partial charge in [0.25, 0.3) is 0 Å². The molecule has 5 atom stereocenters. The first kappa shape index (κ1) is 31.1. The first-order valence-electron chi connectivity index (χ1n) is 10.7. The molecular formula is C20H35N5O8S. The molecule has 13 nitrogen and oxygen atoms in total. The van der Waals surface area contributed by atoms with Crippen molar-refractivity contribution in [1.82, 2.24) is 16.0 Å². The molecule has 14 heteroatoms. The molecule has 4 amide bonds. The van der Waals surface area contributed by atoms with Crippen molar-refractivity contribution in [2.45, 2.75) is 70.1 Å². The Labute approximate surface area is 202 Å². The maximum absolute atomic E-state index is 13.0. The molecule has 0 aromatic heterocycles. The Morgan fingerprint density at radius 3 is 1.97 bits per heavy atom. The van der Waals surface area contributed by atoms with Crippen molar-refractivity contribution in [3.8, 4) is 0 Å². The minimum atomic E-state index is -1.39. The number of nitrogens with one attached hydrogen (secondary N) is 3. The molecule has 0 saturated carbocycles. The molecule has 0 spiro atoms. The minimum absolute atomic E-state index is 0.145. The van der Waals surface area contributed by atoms with Crippen LogP contribution in [0.2, 0.25) is 0 Å². The topological polar surface area (TPSA) is 231 Å². The van der Waals surface area contributed by atoms with Crippen molar-refractivity contribution >= 4 is 47.3 Å². The highest BCUT2D eigenvalue weighted by Gasteiger charge is 2.32. The van der Waals surface area contributed by atoms with Crippen LogP contribution in [0.4, 0.5) is 0 Å². The van der Waals surface area contributed by atoms with E-state index in [1.807, 2.05) is 0 Å². The van der Waals surface area contributed by atoms with Gasteiger partial charge < -0.3 is 37.6 Å². The molecule has 0 radical (unpaired) electrons. The highest BCUT2D eigenvalue weighted by Crippen LogP contribution is 2.10. The highest BCUT2D eigenvalue weighted by atomic mass is 32.2. The lowest BCUT2D eigenvalue weighted by Crippen LogP contribution is -2.58. The lowest BCUT2D eigenvalue weighted by molar-refractivity contribution is -0.142. The van der Waals surface area contributed by atoms with Gasteiger partial charge >= 0.3 is 11.9 Å². The third-order valence-corrected chi connectivity index (χ3v) is 5.71. The second-order valence-corrected chi connectivity index (χ2v) is 8.81. The van der Waals surface area contributed by atoms with E-state index in [0.717, 1.165) is 0 Å². The van der Waals surface area contributed by atoms with Gasteiger partial charge in [-0.25, -0.2) is 4.79 Å². The van der Waals surface area contributed by atoms with E-state index < -0.39 is 72.1 Å². The van der Waals surface area contributed by atoms with Crippen LogP contribution in [0.5, 0.6) is 0 Å². The number of aliphatic carboxylic acids is 2. The lowest BCUT2D eigenvalue weighted by atomic mass is 9.97. The first-order chi connectivity index (χ1) is 15.8. The van der Waals surface area contributed by atoms with Crippen LogP contribution in [0.15, 0.2) is 0 Å². The highest BCUT2D eigenvalue weighted by molar-refractivity contribution is 7.98. The van der Waals surface area contributed by atoms with Crippen molar-refractivity contribution < 1.29 is 39.0 Å². The summed E-state index contributed by atoms with van der Waals surface area (Å²) in [6.07, 6.45) is 1.28. The van der Waals surface area contributed by atoms with E-state index in [1.54, 1.807) is 20.1 Å². The number of amides is 4. The summed E-state index contributed by atoms with van der Waals surface area (Å²) in [5.74, 6) is -5.67. The number of rotatable bonds is 17. The fraction of sp³-hybridized carbons (Fsp3) is 0.700. The van der Waals surface area contributed by atoms with Gasteiger partial charge in [0.15, 0.2) is 0 Å². The summed E-state index contributed by atoms with van der Waals surface area (Å²) in [6, 6.07) is -5.05. The first-order valence-corrected chi connectivity index (χ1v) is 12.1. The number of thioether (sulfide) groups is 1. The molecule has 0 rings (SSSR count). The van der Waals surface area contributed by atoms with Gasteiger partial charge in [0.1, 0.15) is 18.1 Å². The van der Waals surface area contributed by atoms with Crippen LogP contribution < -0.4 is 27.4 Å². The van der Waals surface area contributed by atoms with Gasteiger partial charge in [0.05, 0.1) is 12.5 Å². The summed E-state index contributed by atoms with van der Waals surface area (Å²) in [5, 5.41) is 25.4. The van der Waals surface area contributed by atoms with Gasteiger partial charge in [-0.3, -0.25) is 24.0 Å². The molecule has 0 fully saturated rings. The van der Waals surface area contributed by atoms with Crippen LogP contribution in [0.1, 0.15) is 46.0 Å². The monoisotopic (exact) mass is 505 g/mol. The molecular weight excluding hydrogens is 470 g/mol. The van der Waals surface area contributed by atoms with E-state index in [2.05, 4.69) is 16.0 Å². The lowest BCUT2D eigenvalue weighted by Gasteiger charge is -2.27. The molecule has 0 aromatic carbocycles. The zero-order chi connectivity index (χ0) is 26.4. The van der Waals surface area contributed by atoms with Gasteiger partial charge in [-0.2, -0.15) is 11.8 Å². The molecule has 34 heavy (non-hydrogen) atoms. The number of nitrogens with two attached hydrogens (primary N) is 2. The molecule has 194 valence electrons. The summed E-state index contributed by atoms with van der Waals surface area (Å²) >= 11 is 1.40. The summed E-state index contributed by atoms with van der Waals surface area (Å²) in [4.78, 5) is 71.5. The predicted molar refractivity (Wildman–Crippen MR) is 125 cm³/mol. The van der Waals surface area contributed by atoms with E-state index in [1.165, 1.54) is 11.8 Å². The number of carbonyl (C=O) groups excluding carboxylic acids is 4. The number of carboxylic acids is 2. The SMILES string of the molecule is CCC(C)C(NC(=O)C(N)CC(=O)O)C(=O)NC(CCC(N)=O)C(=O)NC(CCSC)C(=O)O. The Morgan fingerprint density at radius 1 is 0.912 bits per heavy atom. The zero-order valence-electron chi connectivity index (χ0n) is 19.5. The molecule has 0 aliphatic rings. The molecule has 0 heterocycles. The quantitative estimate of drug-likeness (QED) is 0.119. The number of primary amides is 1. The van der Waals surface area contributed by atoms with Crippen molar-refractivity contribution in [1.29, 1.82) is 0 Å². The van der Waals surface area contributed by atoms with E-state index in [4.69, 9.17) is 16.6 Å². The number of hydrogen-bond donors (Lipinski definition) is 7. The van der Waals surface area contributed by atoms with Gasteiger partial charge in [-0.1, -0.05) is 20.3 Å². The fourth-order valence-electron chi connectivity index (χ4n) is 2.83. The standard InChI is InChI=1S/C20H35N5O8S/c1-4-10(2)16(25-17(29)11(21)9-15(27)28)19(31)23-12(5-6-14(22)26)18(30)24-13(20(32)33)7-8-34-3/h10-13,16H,4-9,21H2,1-3H3,(H2,22,26)(H,23,31)(H,24,30)(H,25,29)(H,27,28)(H,32,33). The second-order valence-electron chi connectivity index (χ2n) is 7.82. The summed E-state index contributed by atoms with van der Waals surface area (Å²) in [5.41, 5.74) is 10.7. The van der Waals surface area contributed by atoms with Crippen molar-refractivity contribution in [3.05, 3.63) is 0 Å². The average molecular weight is 506 g/mol. The van der Waals surface area contributed by atoms with Crippen LogP contribution in [0.3, 0.4) is 0 Å². The smallest absolute Gasteiger partial charge is 0.326 e. The molecule has 9 N–H and O–H groups in total. The molecule has 0 saturated heterocycles. The van der Waals surface area contributed by atoms with Crippen LogP contribution >= 0.6 is 11.8 Å². The van der Waals surface area contributed by atoms with Crippen molar-refractivity contribution in [2.75, 3.05) is 12.0 Å². The minimum Gasteiger partial charge on any atom is -0.481 e. The number of hydrogen-bond acceptors (Lipinski definition) is 8. The van der Waals surface area contributed by atoms with Gasteiger partial charge in [-0.15, -0.1) is 0 Å². The van der Waals surface area contributed by atoms with Gasteiger partial charge in [0.2, 0.25) is 23.6 Å². The zero-order valence-corrected chi connectivity index (χ0v) is 20.4. The van der Waals surface area contributed by atoms with Crippen molar-refractivity contribution in [3.63, 3.8) is 0 Å². The largest absolute Gasteiger partial charge is 0.481 e. The third-order valence-electron chi connectivity index (χ3n) is 5.06. The average Bonchev–Trinajstić information content (AvgIpc) is 2.75. The Hall–Kier alpha value is -2.87. The summed E-state index contributed by atoms with van der Waals surface area (Å²) in [6.45, 7) is 3.42. The Bertz CT molecular complexity index is 750. The van der Waals surface area contributed by atoms with E-state index in [0.29, 0.717) is 12.2 Å². The van der Waals surface area contributed by atoms with E-state index >= 15 is 0 Å². The van der Waals surface area contributed by atoms with Crippen LogP contribution in [-0.2, 0) is 28.8 Å². The fourth-order valence-corrected chi connectivity index (χ4v) is 3.30. The normalized spacial score (nSPS) is 15.2. The maximum atomic E-state index is 13.0. The van der Waals surface area contributed by atoms with Crippen LogP contribution in [0.25, 0.3) is 0 Å². The van der Waals surface area contributed by atoms with Crippen molar-refractivity contribution in [2.24, 2.45) is 17.4 Å². The predicted octanol–water partition coefficient (Wildman–Crippen LogP) is -1.61. The van der Waals surface area contributed by atoms with E-state index in [9.17, 15) is 33.9 Å². The summed E-state index contributed by atoms with van der Waals surface area (Å²) < 4.78 is 0. The number of carbonyl (C=O) groups is 6.